The number of benzene rings is 1. The summed E-state index contributed by atoms with van der Waals surface area (Å²) in [6, 6.07) is 8.90. The molecule has 0 unspecified atom stereocenters. The summed E-state index contributed by atoms with van der Waals surface area (Å²) < 4.78 is 0. The van der Waals surface area contributed by atoms with Crippen molar-refractivity contribution in [2.75, 3.05) is 0 Å². The van der Waals surface area contributed by atoms with E-state index in [4.69, 9.17) is 16.6 Å². The first kappa shape index (κ1) is 13.7. The Bertz CT molecular complexity index is 808. The highest BCUT2D eigenvalue weighted by molar-refractivity contribution is 5.86. The van der Waals surface area contributed by atoms with Crippen molar-refractivity contribution in [2.24, 2.45) is 15.3 Å². The molecule has 10 heteroatoms. The van der Waals surface area contributed by atoms with Crippen LogP contribution in [0.4, 0.5) is 17.1 Å². The molecular formula is C11H6N10. The third-order valence-electron chi connectivity index (χ3n) is 2.50. The van der Waals surface area contributed by atoms with Crippen LogP contribution in [0.1, 0.15) is 0 Å². The van der Waals surface area contributed by atoms with Crippen LogP contribution in [0.5, 0.6) is 0 Å². The zero-order chi connectivity index (χ0) is 15.1. The van der Waals surface area contributed by atoms with Crippen LogP contribution in [-0.2, 0) is 0 Å². The number of hydrogen-bond acceptors (Lipinski definition) is 4. The Labute approximate surface area is 117 Å². The van der Waals surface area contributed by atoms with Crippen molar-refractivity contribution in [2.45, 2.75) is 0 Å². The van der Waals surface area contributed by atoms with Crippen molar-refractivity contribution in [3.05, 3.63) is 67.9 Å². The van der Waals surface area contributed by atoms with E-state index < -0.39 is 0 Å². The van der Waals surface area contributed by atoms with Crippen LogP contribution < -0.4 is 0 Å². The van der Waals surface area contributed by atoms with E-state index in [9.17, 15) is 0 Å². The molecule has 10 nitrogen and oxygen atoms in total. The van der Waals surface area contributed by atoms with Crippen molar-refractivity contribution in [3.63, 3.8) is 0 Å². The lowest BCUT2D eigenvalue weighted by Gasteiger charge is -2.09. The van der Waals surface area contributed by atoms with Crippen molar-refractivity contribution in [3.8, 4) is 11.3 Å². The molecule has 0 aliphatic carbocycles. The van der Waals surface area contributed by atoms with Gasteiger partial charge in [-0.3, -0.25) is 4.98 Å². The lowest BCUT2D eigenvalue weighted by molar-refractivity contribution is 1.25. The summed E-state index contributed by atoms with van der Waals surface area (Å²) in [6.45, 7) is 0. The van der Waals surface area contributed by atoms with E-state index in [0.717, 1.165) is 0 Å². The Morgan fingerprint density at radius 2 is 1.43 bits per heavy atom. The maximum atomic E-state index is 8.70. The van der Waals surface area contributed by atoms with E-state index in [1.165, 1.54) is 6.20 Å². The predicted octanol–water partition coefficient (Wildman–Crippen LogP) is 5.57. The number of rotatable bonds is 4. The minimum atomic E-state index is -0.0676. The highest BCUT2D eigenvalue weighted by Crippen LogP contribution is 2.43. The second kappa shape index (κ2) is 6.46. The second-order valence-corrected chi connectivity index (χ2v) is 3.62. The van der Waals surface area contributed by atoms with Crippen LogP contribution in [-0.4, -0.2) is 4.98 Å². The minimum Gasteiger partial charge on any atom is -0.255 e. The number of nitrogens with zero attached hydrogens (tertiary/aromatic N) is 10. The second-order valence-electron chi connectivity index (χ2n) is 3.62. The van der Waals surface area contributed by atoms with Gasteiger partial charge >= 0.3 is 0 Å². The van der Waals surface area contributed by atoms with Gasteiger partial charge in [0.2, 0.25) is 0 Å². The average molecular weight is 278 g/mol. The van der Waals surface area contributed by atoms with Crippen LogP contribution in [0.25, 0.3) is 42.6 Å². The lowest BCUT2D eigenvalue weighted by Crippen LogP contribution is -1.84. The molecule has 0 spiro atoms. The molecule has 0 bridgehead atoms. The molecule has 1 heterocycles. The molecule has 0 fully saturated rings. The smallest absolute Gasteiger partial charge is 0.0802 e. The lowest BCUT2D eigenvalue weighted by atomic mass is 10.1. The van der Waals surface area contributed by atoms with Gasteiger partial charge in [0.25, 0.3) is 0 Å². The summed E-state index contributed by atoms with van der Waals surface area (Å²) in [4.78, 5) is 12.1. The van der Waals surface area contributed by atoms with Gasteiger partial charge in [-0.05, 0) is 16.6 Å². The Morgan fingerprint density at radius 3 is 2.05 bits per heavy atom. The number of aromatic nitrogens is 1. The zero-order valence-corrected chi connectivity index (χ0v) is 10.4. The standard InChI is InChI=1S/C11H6N10/c12-19-16-8-6-15-9(7-4-2-1-3-5-7)11(18-21-14)10(8)17-20-13/h1-6H. The Balaban J connectivity index is 2.84. The molecule has 0 atom stereocenters. The van der Waals surface area contributed by atoms with Crippen molar-refractivity contribution in [1.29, 1.82) is 0 Å². The maximum Gasteiger partial charge on any atom is 0.0802 e. The van der Waals surface area contributed by atoms with Crippen LogP contribution in [0.3, 0.4) is 0 Å². The monoisotopic (exact) mass is 278 g/mol. The Morgan fingerprint density at radius 1 is 0.810 bits per heavy atom. The molecule has 0 radical (unpaired) electrons. The third-order valence-corrected chi connectivity index (χ3v) is 2.50. The Kier molecular flexibility index (Phi) is 4.22. The van der Waals surface area contributed by atoms with Crippen LogP contribution in [0.15, 0.2) is 51.9 Å². The molecule has 1 aromatic heterocycles. The van der Waals surface area contributed by atoms with E-state index in [2.05, 4.69) is 35.1 Å². The van der Waals surface area contributed by atoms with E-state index in [1.54, 1.807) is 24.3 Å². The largest absolute Gasteiger partial charge is 0.255 e. The predicted molar refractivity (Wildman–Crippen MR) is 76.1 cm³/mol. The topological polar surface area (TPSA) is 159 Å². The fourth-order valence-corrected chi connectivity index (χ4v) is 1.69. The highest BCUT2D eigenvalue weighted by atomic mass is 15.2. The summed E-state index contributed by atoms with van der Waals surface area (Å²) >= 11 is 0. The molecule has 1 aromatic carbocycles. The van der Waals surface area contributed by atoms with Gasteiger partial charge in [0.15, 0.2) is 0 Å². The van der Waals surface area contributed by atoms with Gasteiger partial charge in [0, 0.05) is 26.5 Å². The molecule has 21 heavy (non-hydrogen) atoms. The number of pyridine rings is 1. The van der Waals surface area contributed by atoms with E-state index >= 15 is 0 Å². The van der Waals surface area contributed by atoms with Crippen LogP contribution >= 0.6 is 0 Å². The summed E-state index contributed by atoms with van der Waals surface area (Å²) in [5.74, 6) is 0. The molecule has 0 aliphatic heterocycles. The molecule has 0 amide bonds. The van der Waals surface area contributed by atoms with E-state index in [-0.39, 0.29) is 17.1 Å². The first-order chi connectivity index (χ1) is 10.3. The molecule has 0 saturated heterocycles. The molecule has 0 saturated carbocycles. The van der Waals surface area contributed by atoms with Gasteiger partial charge < -0.3 is 0 Å². The highest BCUT2D eigenvalue weighted by Gasteiger charge is 2.13. The average Bonchev–Trinajstić information content (AvgIpc) is 2.52. The molecular weight excluding hydrogens is 272 g/mol. The van der Waals surface area contributed by atoms with Gasteiger partial charge in [0.05, 0.1) is 22.8 Å². The first-order valence-electron chi connectivity index (χ1n) is 5.55. The molecule has 2 aromatic rings. The fraction of sp³-hybridized carbons (Fsp3) is 0. The third kappa shape index (κ3) is 2.83. The summed E-state index contributed by atoms with van der Waals surface area (Å²) in [5, 5.41) is 10.3. The molecule has 0 aliphatic rings. The molecule has 100 valence electrons. The van der Waals surface area contributed by atoms with Gasteiger partial charge in [-0.1, -0.05) is 45.7 Å². The Hall–Kier alpha value is -3.70. The van der Waals surface area contributed by atoms with Gasteiger partial charge in [0.1, 0.15) is 0 Å². The van der Waals surface area contributed by atoms with Gasteiger partial charge in [-0.2, -0.15) is 0 Å². The fourth-order valence-electron chi connectivity index (χ4n) is 1.69. The van der Waals surface area contributed by atoms with E-state index in [1.807, 2.05) is 6.07 Å². The first-order valence-corrected chi connectivity index (χ1v) is 5.55. The minimum absolute atomic E-state index is 0.00593. The number of hydrogen-bond donors (Lipinski definition) is 0. The van der Waals surface area contributed by atoms with Crippen LogP contribution in [0.2, 0.25) is 0 Å². The van der Waals surface area contributed by atoms with Crippen molar-refractivity contribution < 1.29 is 0 Å². The van der Waals surface area contributed by atoms with Crippen molar-refractivity contribution >= 4 is 17.1 Å². The summed E-state index contributed by atoms with van der Waals surface area (Å²) in [7, 11) is 0. The zero-order valence-electron chi connectivity index (χ0n) is 10.4. The summed E-state index contributed by atoms with van der Waals surface area (Å²) in [6.07, 6.45) is 1.25. The van der Waals surface area contributed by atoms with Gasteiger partial charge in [-0.15, -0.1) is 0 Å². The number of azide groups is 3. The maximum absolute atomic E-state index is 8.70. The van der Waals surface area contributed by atoms with E-state index in [0.29, 0.717) is 11.3 Å². The quantitative estimate of drug-likeness (QED) is 0.399. The SMILES string of the molecule is [N-]=[N+]=Nc1cnc(-c2ccccc2)c(N=[N+]=[N-])c1N=[N+]=[N-]. The molecule has 2 rings (SSSR count). The van der Waals surface area contributed by atoms with Crippen molar-refractivity contribution in [1.82, 2.24) is 4.98 Å². The molecule has 0 N–H and O–H groups in total. The van der Waals surface area contributed by atoms with Crippen LogP contribution in [0, 0.1) is 0 Å². The summed E-state index contributed by atoms with van der Waals surface area (Å²) in [5.41, 5.74) is 26.8. The normalized spacial score (nSPS) is 8.95. The van der Waals surface area contributed by atoms with Gasteiger partial charge in [-0.25, -0.2) is 0 Å².